The first kappa shape index (κ1) is 19.8. The van der Waals surface area contributed by atoms with Crippen LogP contribution < -0.4 is 9.64 Å². The van der Waals surface area contributed by atoms with Crippen molar-refractivity contribution >= 4 is 23.0 Å². The van der Waals surface area contributed by atoms with Crippen LogP contribution in [-0.2, 0) is 5.60 Å². The highest BCUT2D eigenvalue weighted by molar-refractivity contribution is 6.31. The summed E-state index contributed by atoms with van der Waals surface area (Å²) in [5.74, 6) is 0.741. The summed E-state index contributed by atoms with van der Waals surface area (Å²) in [5.41, 5.74) is 2.91. The number of aliphatic hydroxyl groups is 1. The van der Waals surface area contributed by atoms with E-state index in [1.165, 1.54) is 0 Å². The van der Waals surface area contributed by atoms with Crippen LogP contribution in [0.2, 0.25) is 5.02 Å². The molecule has 0 fully saturated rings. The van der Waals surface area contributed by atoms with Gasteiger partial charge in [0.05, 0.1) is 0 Å². The number of nitrogens with zero attached hydrogens (tertiary/aromatic N) is 2. The smallest absolute Gasteiger partial charge is 0.144 e. The predicted octanol–water partition coefficient (Wildman–Crippen LogP) is 4.65. The maximum Gasteiger partial charge on any atom is 0.144 e. The Kier molecular flexibility index (Phi) is 5.26. The minimum Gasteiger partial charge on any atom is -0.492 e. The molecule has 3 aromatic rings. The molecule has 0 amide bonds. The summed E-state index contributed by atoms with van der Waals surface area (Å²) >= 11 is 6.28. The van der Waals surface area contributed by atoms with Gasteiger partial charge in [0.25, 0.3) is 0 Å². The second-order valence-corrected chi connectivity index (χ2v) is 8.06. The van der Waals surface area contributed by atoms with E-state index in [1.54, 1.807) is 0 Å². The van der Waals surface area contributed by atoms with Gasteiger partial charge in [0.2, 0.25) is 0 Å². The molecule has 1 N–H and O–H groups in total. The van der Waals surface area contributed by atoms with Crippen molar-refractivity contribution in [3.63, 3.8) is 0 Å². The molecule has 0 bridgehead atoms. The van der Waals surface area contributed by atoms with Gasteiger partial charge in [-0.25, -0.2) is 0 Å². The van der Waals surface area contributed by atoms with E-state index in [-0.39, 0.29) is 0 Å². The van der Waals surface area contributed by atoms with Crippen molar-refractivity contribution in [2.45, 2.75) is 5.60 Å². The van der Waals surface area contributed by atoms with Crippen molar-refractivity contribution in [2.24, 2.45) is 0 Å². The van der Waals surface area contributed by atoms with Gasteiger partial charge in [-0.05, 0) is 50.0 Å². The number of benzene rings is 3. The predicted molar refractivity (Wildman–Crippen MR) is 119 cm³/mol. The van der Waals surface area contributed by atoms with E-state index >= 15 is 0 Å². The summed E-state index contributed by atoms with van der Waals surface area (Å²) < 4.78 is 5.96. The molecule has 4 nitrogen and oxygen atoms in total. The molecular weight excluding hydrogens is 384 g/mol. The van der Waals surface area contributed by atoms with Crippen LogP contribution in [0, 0.1) is 0 Å². The van der Waals surface area contributed by atoms with Gasteiger partial charge < -0.3 is 19.6 Å². The third-order valence-corrected chi connectivity index (χ3v) is 5.66. The van der Waals surface area contributed by atoms with Crippen molar-refractivity contribution in [3.05, 3.63) is 88.4 Å². The van der Waals surface area contributed by atoms with Gasteiger partial charge in [-0.3, -0.25) is 0 Å². The van der Waals surface area contributed by atoms with Gasteiger partial charge >= 0.3 is 0 Å². The maximum absolute atomic E-state index is 12.2. The number of hydrogen-bond acceptors (Lipinski definition) is 4. The van der Waals surface area contributed by atoms with Crippen molar-refractivity contribution in [2.75, 3.05) is 39.2 Å². The monoisotopic (exact) mass is 408 g/mol. The molecule has 150 valence electrons. The van der Waals surface area contributed by atoms with Gasteiger partial charge in [-0.15, -0.1) is 0 Å². The first-order valence-corrected chi connectivity index (χ1v) is 10.0. The standard InChI is InChI=1S/C24H25ClN2O2/c1-26(2)13-14-29-19-10-12-22-21(16-19)24(28,17-7-5-4-6-8-17)20-11-9-18(25)15-23(20)27(22)3/h4-12,15-16,28H,13-14H2,1-3H3. The molecule has 0 aliphatic carbocycles. The lowest BCUT2D eigenvalue weighted by atomic mass is 9.76. The van der Waals surface area contributed by atoms with E-state index in [0.717, 1.165) is 40.4 Å². The summed E-state index contributed by atoms with van der Waals surface area (Å²) in [6.07, 6.45) is 0. The molecule has 1 aliphatic rings. The highest BCUT2D eigenvalue weighted by Crippen LogP contribution is 2.51. The Morgan fingerprint density at radius 3 is 2.45 bits per heavy atom. The zero-order valence-corrected chi connectivity index (χ0v) is 17.6. The summed E-state index contributed by atoms with van der Waals surface area (Å²) in [5, 5.41) is 12.8. The zero-order valence-electron chi connectivity index (χ0n) is 16.9. The van der Waals surface area contributed by atoms with Crippen molar-refractivity contribution < 1.29 is 9.84 Å². The summed E-state index contributed by atoms with van der Waals surface area (Å²) in [6, 6.07) is 21.3. The van der Waals surface area contributed by atoms with E-state index in [1.807, 2.05) is 87.9 Å². The van der Waals surface area contributed by atoms with Crippen LogP contribution in [0.4, 0.5) is 11.4 Å². The molecule has 4 rings (SSSR count). The molecule has 3 aromatic carbocycles. The third kappa shape index (κ3) is 3.48. The number of rotatable bonds is 5. The lowest BCUT2D eigenvalue weighted by Crippen LogP contribution is -2.36. The number of likely N-dealkylation sites (N-methyl/N-ethyl adjacent to an activating group) is 1. The van der Waals surface area contributed by atoms with E-state index in [4.69, 9.17) is 16.3 Å². The molecule has 1 heterocycles. The lowest BCUT2D eigenvalue weighted by Gasteiger charge is -2.41. The molecule has 0 saturated carbocycles. The van der Waals surface area contributed by atoms with Crippen LogP contribution in [0.5, 0.6) is 5.75 Å². The molecule has 5 heteroatoms. The second-order valence-electron chi connectivity index (χ2n) is 7.63. The van der Waals surface area contributed by atoms with Gasteiger partial charge in [-0.2, -0.15) is 0 Å². The molecule has 1 aliphatic heterocycles. The van der Waals surface area contributed by atoms with Crippen LogP contribution in [0.25, 0.3) is 0 Å². The summed E-state index contributed by atoms with van der Waals surface area (Å²) in [7, 11) is 6.02. The van der Waals surface area contributed by atoms with Gasteiger partial charge in [-0.1, -0.05) is 48.0 Å². The normalized spacial score (nSPS) is 17.8. The first-order valence-electron chi connectivity index (χ1n) is 9.65. The summed E-state index contributed by atoms with van der Waals surface area (Å²) in [4.78, 5) is 4.14. The average molecular weight is 409 g/mol. The number of ether oxygens (including phenoxy) is 1. The maximum atomic E-state index is 12.2. The molecule has 1 unspecified atom stereocenters. The minimum absolute atomic E-state index is 0.581. The van der Waals surface area contributed by atoms with Crippen molar-refractivity contribution in [1.82, 2.24) is 4.90 Å². The Balaban J connectivity index is 1.88. The zero-order chi connectivity index (χ0) is 20.6. The molecule has 0 aromatic heterocycles. The Labute approximate surface area is 176 Å². The van der Waals surface area contributed by atoms with E-state index in [0.29, 0.717) is 11.6 Å². The van der Waals surface area contributed by atoms with Crippen LogP contribution in [0.15, 0.2) is 66.7 Å². The largest absolute Gasteiger partial charge is 0.492 e. The number of fused-ring (bicyclic) bond motifs is 2. The molecule has 1 atom stereocenters. The SMILES string of the molecule is CN(C)CCOc1ccc2c(c1)C(O)(c1ccccc1)c1ccc(Cl)cc1N2C. The average Bonchev–Trinajstić information content (AvgIpc) is 2.72. The Morgan fingerprint density at radius 2 is 1.72 bits per heavy atom. The van der Waals surface area contributed by atoms with Crippen molar-refractivity contribution in [1.29, 1.82) is 0 Å². The number of halogens is 1. The highest BCUT2D eigenvalue weighted by atomic mass is 35.5. The Hall–Kier alpha value is -2.53. The second kappa shape index (κ2) is 7.71. The van der Waals surface area contributed by atoms with E-state index in [2.05, 4.69) is 9.80 Å². The van der Waals surface area contributed by atoms with Crippen LogP contribution in [0.3, 0.4) is 0 Å². The molecule has 0 radical (unpaired) electrons. The fourth-order valence-electron chi connectivity index (χ4n) is 3.89. The molecule has 0 spiro atoms. The Bertz CT molecular complexity index is 1020. The van der Waals surface area contributed by atoms with Crippen LogP contribution >= 0.6 is 11.6 Å². The topological polar surface area (TPSA) is 35.9 Å². The number of hydrogen-bond donors (Lipinski definition) is 1. The van der Waals surface area contributed by atoms with E-state index in [9.17, 15) is 5.11 Å². The fourth-order valence-corrected chi connectivity index (χ4v) is 4.05. The molecule has 0 saturated heterocycles. The fraction of sp³-hybridized carbons (Fsp3) is 0.250. The minimum atomic E-state index is -1.30. The quantitative estimate of drug-likeness (QED) is 0.666. The van der Waals surface area contributed by atoms with Gasteiger partial charge in [0.15, 0.2) is 0 Å². The van der Waals surface area contributed by atoms with E-state index < -0.39 is 5.60 Å². The number of anilines is 2. The summed E-state index contributed by atoms with van der Waals surface area (Å²) in [6.45, 7) is 1.40. The highest BCUT2D eigenvalue weighted by Gasteiger charge is 2.42. The third-order valence-electron chi connectivity index (χ3n) is 5.43. The molecular formula is C24H25ClN2O2. The Morgan fingerprint density at radius 1 is 0.966 bits per heavy atom. The lowest BCUT2D eigenvalue weighted by molar-refractivity contribution is 0.124. The van der Waals surface area contributed by atoms with Crippen molar-refractivity contribution in [3.8, 4) is 5.75 Å². The first-order chi connectivity index (χ1) is 13.9. The van der Waals surface area contributed by atoms with Crippen LogP contribution in [-0.4, -0.2) is 44.3 Å². The van der Waals surface area contributed by atoms with Gasteiger partial charge in [0, 0.05) is 41.1 Å². The molecule has 29 heavy (non-hydrogen) atoms. The van der Waals surface area contributed by atoms with Crippen LogP contribution in [0.1, 0.15) is 16.7 Å². The van der Waals surface area contributed by atoms with Gasteiger partial charge in [0.1, 0.15) is 18.0 Å².